The van der Waals surface area contributed by atoms with Crippen molar-refractivity contribution in [3.8, 4) is 0 Å². The molecule has 2 atom stereocenters. The van der Waals surface area contributed by atoms with Crippen LogP contribution >= 0.6 is 0 Å². The second-order valence-corrected chi connectivity index (χ2v) is 8.02. The average molecular weight is 360 g/mol. The number of rotatable bonds is 6. The number of aliphatic hydroxyl groups is 2. The Morgan fingerprint density at radius 3 is 2.71 bits per heavy atom. The van der Waals surface area contributed by atoms with Gasteiger partial charge in [-0.2, -0.15) is 0 Å². The van der Waals surface area contributed by atoms with E-state index in [1.165, 1.54) is 24.0 Å². The second-order valence-electron chi connectivity index (χ2n) is 5.87. The first-order valence-corrected chi connectivity index (χ1v) is 9.34. The van der Waals surface area contributed by atoms with Gasteiger partial charge in [-0.05, 0) is 19.1 Å². The fourth-order valence-corrected chi connectivity index (χ4v) is 4.60. The first-order chi connectivity index (χ1) is 11.2. The third-order valence-electron chi connectivity index (χ3n) is 4.04. The van der Waals surface area contributed by atoms with Crippen LogP contribution in [0.1, 0.15) is 5.56 Å². The first-order valence-electron chi connectivity index (χ1n) is 7.52. The number of benzene rings is 1. The molecule has 1 fully saturated rings. The number of carbonyl (C=O) groups excluding carboxylic acids is 1. The summed E-state index contributed by atoms with van der Waals surface area (Å²) in [6, 6.07) is 3.56. The molecule has 3 N–H and O–H groups in total. The van der Waals surface area contributed by atoms with Crippen LogP contribution in [-0.4, -0.2) is 72.8 Å². The van der Waals surface area contributed by atoms with E-state index in [9.17, 15) is 22.7 Å². The maximum Gasteiger partial charge on any atom is 0.238 e. The van der Waals surface area contributed by atoms with Crippen molar-refractivity contribution in [1.82, 2.24) is 4.90 Å². The van der Waals surface area contributed by atoms with Crippen molar-refractivity contribution in [2.45, 2.75) is 19.1 Å². The fourth-order valence-electron chi connectivity index (χ4n) is 2.77. The zero-order valence-corrected chi connectivity index (χ0v) is 14.1. The Balaban J connectivity index is 2.07. The molecule has 7 nitrogen and oxygen atoms in total. The Bertz CT molecular complexity index is 710. The van der Waals surface area contributed by atoms with Crippen molar-refractivity contribution in [2.24, 2.45) is 0 Å². The van der Waals surface area contributed by atoms with Crippen molar-refractivity contribution < 1.29 is 27.8 Å². The quantitative estimate of drug-likeness (QED) is 0.633. The summed E-state index contributed by atoms with van der Waals surface area (Å²) in [6.07, 6.45) is -1.11. The summed E-state index contributed by atoms with van der Waals surface area (Å²) in [4.78, 5) is 13.6. The van der Waals surface area contributed by atoms with Gasteiger partial charge in [-0.3, -0.25) is 9.69 Å². The van der Waals surface area contributed by atoms with Crippen LogP contribution in [0.4, 0.5) is 10.1 Å². The largest absolute Gasteiger partial charge is 0.395 e. The number of nitrogens with one attached hydrogen (secondary N) is 1. The van der Waals surface area contributed by atoms with E-state index in [4.69, 9.17) is 5.11 Å². The highest BCUT2D eigenvalue weighted by molar-refractivity contribution is 7.91. The van der Waals surface area contributed by atoms with Gasteiger partial charge in [0.1, 0.15) is 5.82 Å². The van der Waals surface area contributed by atoms with Crippen LogP contribution in [0.25, 0.3) is 0 Å². The number of hydrogen-bond acceptors (Lipinski definition) is 6. The minimum atomic E-state index is -3.37. The number of anilines is 1. The normalized spacial score (nSPS) is 22.7. The van der Waals surface area contributed by atoms with Gasteiger partial charge in [0.05, 0.1) is 36.8 Å². The molecule has 1 aliphatic heterocycles. The molecule has 1 aromatic rings. The highest BCUT2D eigenvalue weighted by Crippen LogP contribution is 2.20. The summed E-state index contributed by atoms with van der Waals surface area (Å²) >= 11 is 0. The van der Waals surface area contributed by atoms with Gasteiger partial charge in [-0.1, -0.05) is 6.07 Å². The summed E-state index contributed by atoms with van der Waals surface area (Å²) in [5.41, 5.74) is 0.617. The van der Waals surface area contributed by atoms with E-state index in [0.717, 1.165) is 0 Å². The first kappa shape index (κ1) is 18.8. The molecule has 1 heterocycles. The van der Waals surface area contributed by atoms with Gasteiger partial charge in [0.25, 0.3) is 0 Å². The number of sulfone groups is 1. The predicted molar refractivity (Wildman–Crippen MR) is 86.9 cm³/mol. The van der Waals surface area contributed by atoms with Gasteiger partial charge in [0.15, 0.2) is 9.84 Å². The van der Waals surface area contributed by atoms with Crippen LogP contribution in [0.5, 0.6) is 0 Å². The lowest BCUT2D eigenvalue weighted by Gasteiger charge is -2.28. The molecular formula is C15H21FN2O5S. The van der Waals surface area contributed by atoms with Crippen LogP contribution < -0.4 is 5.32 Å². The fraction of sp³-hybridized carbons (Fsp3) is 0.533. The van der Waals surface area contributed by atoms with E-state index in [1.807, 2.05) is 0 Å². The van der Waals surface area contributed by atoms with E-state index < -0.39 is 33.7 Å². The Hall–Kier alpha value is -1.55. The summed E-state index contributed by atoms with van der Waals surface area (Å²) in [5, 5.41) is 21.6. The average Bonchev–Trinajstić information content (AvgIpc) is 2.76. The molecule has 0 aromatic heterocycles. The highest BCUT2D eigenvalue weighted by atomic mass is 32.2. The SMILES string of the molecule is Cc1c(F)cccc1NC(=O)CN(CCO)[C@@H]1CS(=O)(=O)C[C@H]1O. The topological polar surface area (TPSA) is 107 Å². The van der Waals surface area contributed by atoms with Crippen molar-refractivity contribution in [2.75, 3.05) is 36.5 Å². The molecule has 134 valence electrons. The van der Waals surface area contributed by atoms with Crippen molar-refractivity contribution >= 4 is 21.4 Å². The number of aliphatic hydroxyl groups excluding tert-OH is 2. The van der Waals surface area contributed by atoms with Crippen LogP contribution in [-0.2, 0) is 14.6 Å². The number of amides is 1. The Morgan fingerprint density at radius 1 is 1.42 bits per heavy atom. The molecule has 0 spiro atoms. The minimum Gasteiger partial charge on any atom is -0.395 e. The molecule has 9 heteroatoms. The molecule has 1 amide bonds. The summed E-state index contributed by atoms with van der Waals surface area (Å²) in [6.45, 7) is 1.08. The van der Waals surface area contributed by atoms with Crippen molar-refractivity contribution in [3.63, 3.8) is 0 Å². The lowest BCUT2D eigenvalue weighted by molar-refractivity contribution is -0.118. The molecule has 2 rings (SSSR count). The van der Waals surface area contributed by atoms with Gasteiger partial charge in [0.2, 0.25) is 5.91 Å². The molecular weight excluding hydrogens is 339 g/mol. The van der Waals surface area contributed by atoms with Gasteiger partial charge in [0, 0.05) is 17.8 Å². The molecule has 0 unspecified atom stereocenters. The van der Waals surface area contributed by atoms with E-state index in [1.54, 1.807) is 6.07 Å². The van der Waals surface area contributed by atoms with Gasteiger partial charge >= 0.3 is 0 Å². The third-order valence-corrected chi connectivity index (χ3v) is 5.74. The number of halogens is 1. The maximum atomic E-state index is 13.5. The minimum absolute atomic E-state index is 0.0484. The number of hydrogen-bond donors (Lipinski definition) is 3. The molecule has 1 aromatic carbocycles. The van der Waals surface area contributed by atoms with Gasteiger partial charge < -0.3 is 15.5 Å². The van der Waals surface area contributed by atoms with Gasteiger partial charge in [-0.15, -0.1) is 0 Å². The molecule has 24 heavy (non-hydrogen) atoms. The lowest BCUT2D eigenvalue weighted by Crippen LogP contribution is -2.48. The lowest BCUT2D eigenvalue weighted by atomic mass is 10.1. The Morgan fingerprint density at radius 2 is 2.12 bits per heavy atom. The van der Waals surface area contributed by atoms with Crippen LogP contribution in [0.15, 0.2) is 18.2 Å². The zero-order valence-electron chi connectivity index (χ0n) is 13.3. The number of carbonyl (C=O) groups is 1. The van der Waals surface area contributed by atoms with E-state index >= 15 is 0 Å². The molecule has 0 bridgehead atoms. The predicted octanol–water partition coefficient (Wildman–Crippen LogP) is -0.475. The van der Waals surface area contributed by atoms with Gasteiger partial charge in [-0.25, -0.2) is 12.8 Å². The Kier molecular flexibility index (Phi) is 5.92. The smallest absolute Gasteiger partial charge is 0.238 e. The van der Waals surface area contributed by atoms with Crippen molar-refractivity contribution in [1.29, 1.82) is 0 Å². The Labute approximate surface area is 140 Å². The molecule has 1 saturated heterocycles. The van der Waals surface area contributed by atoms with E-state index in [2.05, 4.69) is 5.32 Å². The van der Waals surface area contributed by atoms with Crippen LogP contribution in [0.3, 0.4) is 0 Å². The van der Waals surface area contributed by atoms with E-state index in [0.29, 0.717) is 11.3 Å². The van der Waals surface area contributed by atoms with Crippen LogP contribution in [0, 0.1) is 12.7 Å². The summed E-state index contributed by atoms with van der Waals surface area (Å²) in [7, 11) is -3.37. The number of nitrogens with zero attached hydrogens (tertiary/aromatic N) is 1. The third kappa shape index (κ3) is 4.50. The summed E-state index contributed by atoms with van der Waals surface area (Å²) in [5.74, 6) is -1.55. The monoisotopic (exact) mass is 360 g/mol. The van der Waals surface area contributed by atoms with Crippen LogP contribution in [0.2, 0.25) is 0 Å². The summed E-state index contributed by atoms with van der Waals surface area (Å²) < 4.78 is 36.8. The highest BCUT2D eigenvalue weighted by Gasteiger charge is 2.40. The van der Waals surface area contributed by atoms with Crippen molar-refractivity contribution in [3.05, 3.63) is 29.6 Å². The molecule has 0 saturated carbocycles. The molecule has 0 radical (unpaired) electrons. The molecule has 0 aliphatic carbocycles. The standard InChI is InChI=1S/C15H21FN2O5S/c1-10-11(16)3-2-4-12(10)17-15(21)7-18(5-6-19)13-8-24(22,23)9-14(13)20/h2-4,13-14,19-20H,5-9H2,1H3,(H,17,21)/t13-,14-/m1/s1. The van der Waals surface area contributed by atoms with E-state index in [-0.39, 0.29) is 31.2 Å². The zero-order chi connectivity index (χ0) is 17.9. The molecule has 1 aliphatic rings. The maximum absolute atomic E-state index is 13.5. The second kappa shape index (κ2) is 7.56.